The molecule has 0 aliphatic carbocycles. The molecule has 144 valence electrons. The van der Waals surface area contributed by atoms with E-state index >= 15 is 0 Å². The van der Waals surface area contributed by atoms with Crippen LogP contribution < -0.4 is 10.6 Å². The van der Waals surface area contributed by atoms with Crippen LogP contribution in [0.1, 0.15) is 43.3 Å². The minimum absolute atomic E-state index is 0. The van der Waals surface area contributed by atoms with E-state index in [-0.39, 0.29) is 24.0 Å². The predicted molar refractivity (Wildman–Crippen MR) is 120 cm³/mol. The molecule has 0 amide bonds. The molecule has 6 heteroatoms. The van der Waals surface area contributed by atoms with Crippen LogP contribution in [0.15, 0.2) is 35.3 Å². The van der Waals surface area contributed by atoms with Crippen LogP contribution >= 0.6 is 24.0 Å². The standard InChI is InChI=1S/C20H31N5.HI/c1-6-21-20(22-12-15(2)3)23-13-19-16(4)24-25(17(19)5)14-18-10-8-7-9-11-18;/h7-11,15H,6,12-14H2,1-5H3,(H2,21,22,23);1H. The van der Waals surface area contributed by atoms with E-state index in [4.69, 9.17) is 10.1 Å². The Morgan fingerprint density at radius 1 is 1.15 bits per heavy atom. The maximum absolute atomic E-state index is 4.74. The highest BCUT2D eigenvalue weighted by Gasteiger charge is 2.12. The van der Waals surface area contributed by atoms with Gasteiger partial charge in [0.25, 0.3) is 0 Å². The molecule has 0 spiro atoms. The number of aryl methyl sites for hydroxylation is 1. The molecular weight excluding hydrogens is 437 g/mol. The predicted octanol–water partition coefficient (Wildman–Crippen LogP) is 3.88. The van der Waals surface area contributed by atoms with E-state index in [1.54, 1.807) is 0 Å². The number of guanidine groups is 1. The van der Waals surface area contributed by atoms with Crippen molar-refractivity contribution in [3.63, 3.8) is 0 Å². The van der Waals surface area contributed by atoms with E-state index < -0.39 is 0 Å². The Labute approximate surface area is 174 Å². The summed E-state index contributed by atoms with van der Waals surface area (Å²) in [7, 11) is 0. The molecule has 5 nitrogen and oxygen atoms in total. The van der Waals surface area contributed by atoms with E-state index in [0.717, 1.165) is 31.3 Å². The maximum Gasteiger partial charge on any atom is 0.191 e. The summed E-state index contributed by atoms with van der Waals surface area (Å²) in [5.74, 6) is 1.45. The van der Waals surface area contributed by atoms with Gasteiger partial charge >= 0.3 is 0 Å². The number of aliphatic imine (C=N–C) groups is 1. The summed E-state index contributed by atoms with van der Waals surface area (Å²) in [4.78, 5) is 4.74. The molecule has 0 radical (unpaired) electrons. The van der Waals surface area contributed by atoms with E-state index in [1.807, 2.05) is 6.07 Å². The minimum atomic E-state index is 0. The third-order valence-corrected chi connectivity index (χ3v) is 4.12. The van der Waals surface area contributed by atoms with E-state index in [9.17, 15) is 0 Å². The van der Waals surface area contributed by atoms with E-state index in [1.165, 1.54) is 16.8 Å². The van der Waals surface area contributed by atoms with Crippen molar-refractivity contribution in [2.45, 2.75) is 47.7 Å². The average Bonchev–Trinajstić information content (AvgIpc) is 2.85. The molecule has 2 rings (SSSR count). The van der Waals surface area contributed by atoms with Crippen LogP contribution in [0.2, 0.25) is 0 Å². The lowest BCUT2D eigenvalue weighted by molar-refractivity contribution is 0.614. The number of hydrogen-bond donors (Lipinski definition) is 2. The van der Waals surface area contributed by atoms with Gasteiger partial charge in [-0.05, 0) is 32.3 Å². The third-order valence-electron chi connectivity index (χ3n) is 4.12. The van der Waals surface area contributed by atoms with Gasteiger partial charge in [0.1, 0.15) is 0 Å². The summed E-state index contributed by atoms with van der Waals surface area (Å²) in [5.41, 5.74) is 4.70. The molecule has 0 aliphatic heterocycles. The van der Waals surface area contributed by atoms with Crippen molar-refractivity contribution in [2.24, 2.45) is 10.9 Å². The molecule has 0 unspecified atom stereocenters. The Morgan fingerprint density at radius 3 is 2.46 bits per heavy atom. The zero-order valence-corrected chi connectivity index (χ0v) is 18.9. The van der Waals surface area contributed by atoms with Gasteiger partial charge in [-0.2, -0.15) is 5.10 Å². The molecule has 0 atom stereocenters. The zero-order chi connectivity index (χ0) is 18.2. The number of benzene rings is 1. The molecule has 0 fully saturated rings. The Bertz CT molecular complexity index is 692. The lowest BCUT2D eigenvalue weighted by Crippen LogP contribution is -2.39. The summed E-state index contributed by atoms with van der Waals surface area (Å²) in [6.45, 7) is 13.9. The van der Waals surface area contributed by atoms with Crippen LogP contribution in [0.25, 0.3) is 0 Å². The third kappa shape index (κ3) is 6.63. The van der Waals surface area contributed by atoms with Crippen LogP contribution in [0, 0.1) is 19.8 Å². The molecule has 1 aromatic heterocycles. The van der Waals surface area contributed by atoms with Crippen molar-refractivity contribution >= 4 is 29.9 Å². The SMILES string of the molecule is CCNC(=NCc1c(C)nn(Cc2ccccc2)c1C)NCC(C)C.I. The molecule has 2 N–H and O–H groups in total. The fraction of sp³-hybridized carbons (Fsp3) is 0.500. The largest absolute Gasteiger partial charge is 0.357 e. The fourth-order valence-electron chi connectivity index (χ4n) is 2.67. The number of rotatable bonds is 7. The molecule has 26 heavy (non-hydrogen) atoms. The lowest BCUT2D eigenvalue weighted by Gasteiger charge is -2.13. The Morgan fingerprint density at radius 2 is 1.85 bits per heavy atom. The normalized spacial score (nSPS) is 11.4. The molecule has 2 aromatic rings. The number of halogens is 1. The van der Waals surface area contributed by atoms with Gasteiger partial charge in [-0.15, -0.1) is 24.0 Å². The van der Waals surface area contributed by atoms with Crippen molar-refractivity contribution in [3.05, 3.63) is 52.8 Å². The second-order valence-corrected chi connectivity index (χ2v) is 6.76. The first-order chi connectivity index (χ1) is 12.0. The Balaban J connectivity index is 0.00000338. The number of nitrogens with zero attached hydrogens (tertiary/aromatic N) is 3. The molecule has 0 aliphatic rings. The van der Waals surface area contributed by atoms with Crippen LogP contribution in [0.4, 0.5) is 0 Å². The monoisotopic (exact) mass is 469 g/mol. The maximum atomic E-state index is 4.74. The first-order valence-corrected chi connectivity index (χ1v) is 9.10. The summed E-state index contributed by atoms with van der Waals surface area (Å²) >= 11 is 0. The van der Waals surface area contributed by atoms with Gasteiger partial charge in [0.15, 0.2) is 5.96 Å². The molecule has 1 heterocycles. The van der Waals surface area contributed by atoms with Crippen LogP contribution in [0.3, 0.4) is 0 Å². The zero-order valence-electron chi connectivity index (χ0n) is 16.5. The molecule has 1 aromatic carbocycles. The highest BCUT2D eigenvalue weighted by molar-refractivity contribution is 14.0. The van der Waals surface area contributed by atoms with Crippen molar-refractivity contribution < 1.29 is 0 Å². The average molecular weight is 469 g/mol. The fourth-order valence-corrected chi connectivity index (χ4v) is 2.67. The van der Waals surface area contributed by atoms with Crippen molar-refractivity contribution in [1.82, 2.24) is 20.4 Å². The molecule has 0 saturated heterocycles. The quantitative estimate of drug-likeness (QED) is 0.368. The van der Waals surface area contributed by atoms with Gasteiger partial charge < -0.3 is 10.6 Å². The van der Waals surface area contributed by atoms with Crippen molar-refractivity contribution in [2.75, 3.05) is 13.1 Å². The van der Waals surface area contributed by atoms with Crippen LogP contribution in [-0.4, -0.2) is 28.8 Å². The smallest absolute Gasteiger partial charge is 0.191 e. The van der Waals surface area contributed by atoms with Crippen molar-refractivity contribution in [1.29, 1.82) is 0 Å². The van der Waals surface area contributed by atoms with Gasteiger partial charge in [0.2, 0.25) is 0 Å². The molecular formula is C20H32IN5. The molecule has 0 bridgehead atoms. The Kier molecular flexibility index (Phi) is 9.69. The first-order valence-electron chi connectivity index (χ1n) is 9.10. The van der Waals surface area contributed by atoms with Gasteiger partial charge in [0.05, 0.1) is 18.8 Å². The van der Waals surface area contributed by atoms with Gasteiger partial charge in [-0.1, -0.05) is 44.2 Å². The second kappa shape index (κ2) is 11.2. The van der Waals surface area contributed by atoms with E-state index in [0.29, 0.717) is 12.5 Å². The first kappa shape index (κ1) is 22.5. The lowest BCUT2D eigenvalue weighted by atomic mass is 10.2. The molecule has 0 saturated carbocycles. The van der Waals surface area contributed by atoms with Crippen LogP contribution in [-0.2, 0) is 13.1 Å². The van der Waals surface area contributed by atoms with Gasteiger partial charge in [-0.3, -0.25) is 4.68 Å². The van der Waals surface area contributed by atoms with Crippen molar-refractivity contribution in [3.8, 4) is 0 Å². The minimum Gasteiger partial charge on any atom is -0.357 e. The summed E-state index contributed by atoms with van der Waals surface area (Å²) in [6, 6.07) is 10.4. The van der Waals surface area contributed by atoms with E-state index in [2.05, 4.69) is 74.2 Å². The topological polar surface area (TPSA) is 54.2 Å². The summed E-state index contributed by atoms with van der Waals surface area (Å²) < 4.78 is 2.07. The summed E-state index contributed by atoms with van der Waals surface area (Å²) in [5, 5.41) is 11.4. The summed E-state index contributed by atoms with van der Waals surface area (Å²) in [6.07, 6.45) is 0. The number of hydrogen-bond acceptors (Lipinski definition) is 2. The second-order valence-electron chi connectivity index (χ2n) is 6.76. The van der Waals surface area contributed by atoms with Crippen LogP contribution in [0.5, 0.6) is 0 Å². The highest BCUT2D eigenvalue weighted by Crippen LogP contribution is 2.16. The highest BCUT2D eigenvalue weighted by atomic mass is 127. The number of aromatic nitrogens is 2. The number of nitrogens with one attached hydrogen (secondary N) is 2. The van der Waals surface area contributed by atoms with Gasteiger partial charge in [-0.25, -0.2) is 4.99 Å². The Hall–Kier alpha value is -1.57. The van der Waals surface area contributed by atoms with Gasteiger partial charge in [0, 0.05) is 24.3 Å².